The van der Waals surface area contributed by atoms with E-state index in [1.807, 2.05) is 6.08 Å². The number of carbonyl (C=O) groups excluding carboxylic acids is 1. The first-order chi connectivity index (χ1) is 36.8. The van der Waals surface area contributed by atoms with E-state index in [1.54, 1.807) is 6.08 Å². The van der Waals surface area contributed by atoms with Gasteiger partial charge in [-0.3, -0.25) is 4.79 Å². The molecule has 76 heavy (non-hydrogen) atoms. The van der Waals surface area contributed by atoms with Crippen molar-refractivity contribution in [3.05, 3.63) is 72.9 Å². The Kier molecular flexibility index (Phi) is 35.9. The summed E-state index contributed by atoms with van der Waals surface area (Å²) >= 11 is 0. The summed E-state index contributed by atoms with van der Waals surface area (Å²) in [6.07, 6.45) is 19.5. The summed E-state index contributed by atoms with van der Waals surface area (Å²) in [6, 6.07) is -0.976. The van der Waals surface area contributed by atoms with Gasteiger partial charge in [0, 0.05) is 6.42 Å². The number of rotatable bonds is 39. The number of carbonyl (C=O) groups is 1. The lowest BCUT2D eigenvalue weighted by Crippen LogP contribution is -2.66. The topological polar surface area (TPSA) is 307 Å². The number of aliphatic hydroxyl groups is 11. The molecular formula is C57H97NO18. The Hall–Kier alpha value is -2.77. The molecule has 0 aromatic rings. The van der Waals surface area contributed by atoms with Gasteiger partial charge in [-0.25, -0.2) is 0 Å². The Morgan fingerprint density at radius 3 is 1.42 bits per heavy atom. The summed E-state index contributed by atoms with van der Waals surface area (Å²) in [7, 11) is 0. The smallest absolute Gasteiger partial charge is 0.220 e. The van der Waals surface area contributed by atoms with E-state index in [4.69, 9.17) is 28.4 Å². The molecule has 438 valence electrons. The molecule has 3 fully saturated rings. The molecule has 17 atom stereocenters. The largest absolute Gasteiger partial charge is 0.394 e. The third kappa shape index (κ3) is 24.7. The Labute approximate surface area is 451 Å². The molecule has 12 N–H and O–H groups in total. The number of hydrogen-bond acceptors (Lipinski definition) is 18. The van der Waals surface area contributed by atoms with Crippen molar-refractivity contribution in [2.24, 2.45) is 0 Å². The van der Waals surface area contributed by atoms with E-state index in [0.29, 0.717) is 6.42 Å². The highest BCUT2D eigenvalue weighted by molar-refractivity contribution is 5.76. The van der Waals surface area contributed by atoms with Crippen LogP contribution in [0.25, 0.3) is 0 Å². The van der Waals surface area contributed by atoms with Gasteiger partial charge in [0.1, 0.15) is 73.2 Å². The van der Waals surface area contributed by atoms with Crippen molar-refractivity contribution < 1.29 is 89.4 Å². The summed E-state index contributed by atoms with van der Waals surface area (Å²) in [5.41, 5.74) is 0. The maximum atomic E-state index is 13.2. The molecule has 0 saturated carbocycles. The van der Waals surface area contributed by atoms with E-state index >= 15 is 0 Å². The minimum atomic E-state index is -1.98. The van der Waals surface area contributed by atoms with Gasteiger partial charge >= 0.3 is 0 Å². The second-order valence-corrected chi connectivity index (χ2v) is 20.0. The average Bonchev–Trinajstić information content (AvgIpc) is 3.42. The molecule has 3 saturated heterocycles. The van der Waals surface area contributed by atoms with Gasteiger partial charge in [0.25, 0.3) is 0 Å². The normalized spacial score (nSPS) is 31.5. The van der Waals surface area contributed by atoms with E-state index in [9.17, 15) is 61.0 Å². The SMILES string of the molecule is CC/C=C\C/C=C\C/C=C\C/C=C\C/C=C\CCCCCCCCCCCC(=O)NC(COC1OC(CO)C(OC2OC(CO)C(OC3OC(CO)C(O)C(O)C3O)C(O)C2O)C(O)C1O)C(O)/C=C/CCCCCC. The van der Waals surface area contributed by atoms with Crippen molar-refractivity contribution in [3.8, 4) is 0 Å². The fraction of sp³-hybridized carbons (Fsp3) is 0.772. The summed E-state index contributed by atoms with van der Waals surface area (Å²) < 4.78 is 34.0. The number of aliphatic hydroxyl groups excluding tert-OH is 11. The lowest BCUT2D eigenvalue weighted by Gasteiger charge is -2.48. The molecule has 3 rings (SSSR count). The molecule has 0 spiro atoms. The van der Waals surface area contributed by atoms with Crippen LogP contribution in [0.1, 0.15) is 149 Å². The predicted octanol–water partition coefficient (Wildman–Crippen LogP) is 3.87. The maximum Gasteiger partial charge on any atom is 0.220 e. The van der Waals surface area contributed by atoms with Crippen molar-refractivity contribution in [2.45, 2.75) is 253 Å². The Morgan fingerprint density at radius 1 is 0.487 bits per heavy atom. The lowest BCUT2D eigenvalue weighted by atomic mass is 9.96. The molecule has 3 aliphatic rings. The van der Waals surface area contributed by atoms with Crippen molar-refractivity contribution in [1.29, 1.82) is 0 Å². The standard InChI is InChI=1S/C57H97NO18/c1-3-5-7-9-11-12-13-14-15-16-17-18-19-20-21-22-23-24-25-26-27-28-29-31-33-35-45(63)58-40(41(62)34-32-30-10-8-6-4-2)39-71-55-51(69)48(66)53(43(37-60)73-55)76-57-52(70)49(67)54(44(38-61)74-57)75-56-50(68)47(65)46(64)42(36-59)72-56/h5,7,11-12,14-15,17-18,20-21,32,34,40-44,46-57,59-62,64-70H,3-4,6,8-10,13,16,19,22-31,33,35-39H2,1-2H3,(H,58,63)/b7-5-,12-11-,15-14-,18-17-,21-20-,34-32+. The molecule has 17 unspecified atom stereocenters. The van der Waals surface area contributed by atoms with Crippen LogP contribution in [0, 0.1) is 0 Å². The summed E-state index contributed by atoms with van der Waals surface area (Å²) in [5.74, 6) is -0.293. The van der Waals surface area contributed by atoms with Crippen molar-refractivity contribution in [2.75, 3.05) is 26.4 Å². The first-order valence-corrected chi connectivity index (χ1v) is 28.2. The van der Waals surface area contributed by atoms with Crippen LogP contribution in [0.5, 0.6) is 0 Å². The van der Waals surface area contributed by atoms with Gasteiger partial charge in [-0.2, -0.15) is 0 Å². The highest BCUT2D eigenvalue weighted by atomic mass is 16.8. The molecular weight excluding hydrogens is 987 g/mol. The zero-order chi connectivity index (χ0) is 55.5. The first-order valence-electron chi connectivity index (χ1n) is 28.2. The molecule has 19 heteroatoms. The van der Waals surface area contributed by atoms with Crippen molar-refractivity contribution in [1.82, 2.24) is 5.32 Å². The van der Waals surface area contributed by atoms with Gasteiger partial charge < -0.3 is 89.9 Å². The maximum absolute atomic E-state index is 13.2. The number of unbranched alkanes of at least 4 members (excludes halogenated alkanes) is 13. The zero-order valence-corrected chi connectivity index (χ0v) is 45.2. The minimum absolute atomic E-state index is 0.230. The minimum Gasteiger partial charge on any atom is -0.394 e. The number of allylic oxidation sites excluding steroid dienone is 11. The Morgan fingerprint density at radius 2 is 0.908 bits per heavy atom. The fourth-order valence-corrected chi connectivity index (χ4v) is 9.10. The summed E-state index contributed by atoms with van der Waals surface area (Å²) in [6.45, 7) is 1.47. The molecule has 0 aromatic heterocycles. The molecule has 0 aliphatic carbocycles. The van der Waals surface area contributed by atoms with Crippen molar-refractivity contribution >= 4 is 5.91 Å². The van der Waals surface area contributed by atoms with E-state index in [2.05, 4.69) is 79.9 Å². The number of amides is 1. The van der Waals surface area contributed by atoms with Crippen LogP contribution in [-0.4, -0.2) is 193 Å². The van der Waals surface area contributed by atoms with E-state index < -0.39 is 124 Å². The first kappa shape index (κ1) is 67.5. The molecule has 19 nitrogen and oxygen atoms in total. The van der Waals surface area contributed by atoms with Crippen LogP contribution in [-0.2, 0) is 33.2 Å². The average molecular weight is 1080 g/mol. The second-order valence-electron chi connectivity index (χ2n) is 20.0. The van der Waals surface area contributed by atoms with Crippen LogP contribution in [0.2, 0.25) is 0 Å². The van der Waals surface area contributed by atoms with Crippen LogP contribution in [0.3, 0.4) is 0 Å². The monoisotopic (exact) mass is 1080 g/mol. The molecule has 0 aromatic carbocycles. The summed E-state index contributed by atoms with van der Waals surface area (Å²) in [4.78, 5) is 13.2. The van der Waals surface area contributed by atoms with E-state index in [-0.39, 0.29) is 18.9 Å². The molecule has 1 amide bonds. The predicted molar refractivity (Wildman–Crippen MR) is 286 cm³/mol. The van der Waals surface area contributed by atoms with E-state index in [1.165, 1.54) is 25.7 Å². The van der Waals surface area contributed by atoms with Gasteiger partial charge in [0.15, 0.2) is 18.9 Å². The van der Waals surface area contributed by atoms with Crippen LogP contribution >= 0.6 is 0 Å². The molecule has 3 heterocycles. The number of ether oxygens (including phenoxy) is 6. The van der Waals surface area contributed by atoms with Crippen molar-refractivity contribution in [3.63, 3.8) is 0 Å². The molecule has 0 bridgehead atoms. The van der Waals surface area contributed by atoms with Gasteiger partial charge in [0.05, 0.1) is 38.6 Å². The highest BCUT2D eigenvalue weighted by Crippen LogP contribution is 2.33. The van der Waals surface area contributed by atoms with Gasteiger partial charge in [-0.15, -0.1) is 0 Å². The zero-order valence-electron chi connectivity index (χ0n) is 45.2. The Balaban J connectivity index is 1.41. The van der Waals surface area contributed by atoms with Crippen LogP contribution in [0.15, 0.2) is 72.9 Å². The third-order valence-electron chi connectivity index (χ3n) is 13.8. The second kappa shape index (κ2) is 40.4. The lowest BCUT2D eigenvalue weighted by molar-refractivity contribution is -0.379. The van der Waals surface area contributed by atoms with Crippen LogP contribution < -0.4 is 5.32 Å². The van der Waals surface area contributed by atoms with Gasteiger partial charge in [-0.1, -0.05) is 151 Å². The quantitative estimate of drug-likeness (QED) is 0.0307. The van der Waals surface area contributed by atoms with E-state index in [0.717, 1.165) is 96.3 Å². The van der Waals surface area contributed by atoms with Gasteiger partial charge in [0.2, 0.25) is 5.91 Å². The van der Waals surface area contributed by atoms with Gasteiger partial charge in [-0.05, 0) is 64.2 Å². The molecule has 3 aliphatic heterocycles. The number of hydrogen-bond donors (Lipinski definition) is 12. The number of nitrogens with one attached hydrogen (secondary N) is 1. The highest BCUT2D eigenvalue weighted by Gasteiger charge is 2.53. The summed E-state index contributed by atoms with van der Waals surface area (Å²) in [5, 5.41) is 119. The Bertz CT molecular complexity index is 1670. The third-order valence-corrected chi connectivity index (χ3v) is 13.8. The fourth-order valence-electron chi connectivity index (χ4n) is 9.10. The molecule has 0 radical (unpaired) electrons. The van der Waals surface area contributed by atoms with Crippen LogP contribution in [0.4, 0.5) is 0 Å².